The van der Waals surface area contributed by atoms with E-state index in [0.717, 1.165) is 76.4 Å². The van der Waals surface area contributed by atoms with Crippen molar-refractivity contribution in [2.24, 2.45) is 5.92 Å². The second-order valence-electron chi connectivity index (χ2n) is 7.76. The molecule has 3 amide bonds. The van der Waals surface area contributed by atoms with Crippen LogP contribution in [0.4, 0.5) is 10.9 Å². The third-order valence-corrected chi connectivity index (χ3v) is 6.57. The Labute approximate surface area is 176 Å². The van der Waals surface area contributed by atoms with Gasteiger partial charge in [0, 0.05) is 45.6 Å². The van der Waals surface area contributed by atoms with E-state index < -0.39 is 0 Å². The number of thiazole rings is 1. The quantitative estimate of drug-likeness (QED) is 0.660. The Kier molecular flexibility index (Phi) is 7.46. The molecule has 1 aromatic heterocycles. The molecule has 3 rings (SSSR count). The van der Waals surface area contributed by atoms with E-state index >= 15 is 0 Å². The molecule has 160 valence electrons. The molecule has 0 atom stereocenters. The lowest BCUT2D eigenvalue weighted by molar-refractivity contribution is -0.125. The van der Waals surface area contributed by atoms with E-state index in [0.29, 0.717) is 10.7 Å². The zero-order valence-electron chi connectivity index (χ0n) is 17.3. The van der Waals surface area contributed by atoms with Gasteiger partial charge in [0.2, 0.25) is 11.8 Å². The van der Waals surface area contributed by atoms with Gasteiger partial charge in [0.25, 0.3) is 5.91 Å². The summed E-state index contributed by atoms with van der Waals surface area (Å²) in [5, 5.41) is 6.47. The van der Waals surface area contributed by atoms with Gasteiger partial charge in [-0.25, -0.2) is 4.98 Å². The molecule has 2 fully saturated rings. The Morgan fingerprint density at radius 2 is 1.83 bits per heavy atom. The van der Waals surface area contributed by atoms with E-state index in [1.165, 1.54) is 18.3 Å². The fraction of sp³-hybridized carbons (Fsp3) is 0.700. The lowest BCUT2D eigenvalue weighted by atomic mass is 9.96. The van der Waals surface area contributed by atoms with Crippen molar-refractivity contribution in [2.45, 2.75) is 52.4 Å². The van der Waals surface area contributed by atoms with Crippen LogP contribution in [0.1, 0.15) is 62.0 Å². The van der Waals surface area contributed by atoms with Gasteiger partial charge in [0.05, 0.1) is 0 Å². The van der Waals surface area contributed by atoms with Crippen molar-refractivity contribution in [2.75, 3.05) is 42.9 Å². The summed E-state index contributed by atoms with van der Waals surface area (Å²) in [6.07, 6.45) is 5.63. The third kappa shape index (κ3) is 5.46. The number of rotatable bonds is 7. The average Bonchev–Trinajstić information content (AvgIpc) is 3.38. The van der Waals surface area contributed by atoms with Crippen LogP contribution in [0.3, 0.4) is 0 Å². The van der Waals surface area contributed by atoms with Crippen LogP contribution in [0.15, 0.2) is 0 Å². The smallest absolute Gasteiger partial charge is 0.267 e. The maximum atomic E-state index is 12.9. The Morgan fingerprint density at radius 3 is 2.45 bits per heavy atom. The maximum absolute atomic E-state index is 12.9. The number of aromatic nitrogens is 1. The number of nitrogens with zero attached hydrogens (tertiary/aromatic N) is 3. The minimum atomic E-state index is -0.236. The predicted octanol–water partition coefficient (Wildman–Crippen LogP) is 2.47. The van der Waals surface area contributed by atoms with Gasteiger partial charge in [-0.05, 0) is 32.1 Å². The highest BCUT2D eigenvalue weighted by Gasteiger charge is 2.30. The van der Waals surface area contributed by atoms with Crippen LogP contribution in [-0.2, 0) is 9.59 Å². The second-order valence-corrected chi connectivity index (χ2v) is 8.74. The molecular formula is C20H31N5O3S. The number of likely N-dealkylation sites (tertiary alicyclic amines) is 1. The average molecular weight is 422 g/mol. The van der Waals surface area contributed by atoms with E-state index in [9.17, 15) is 14.4 Å². The largest absolute Gasteiger partial charge is 0.356 e. The highest BCUT2D eigenvalue weighted by atomic mass is 32.1. The van der Waals surface area contributed by atoms with Crippen molar-refractivity contribution in [3.63, 3.8) is 0 Å². The van der Waals surface area contributed by atoms with Crippen LogP contribution in [0.25, 0.3) is 0 Å². The van der Waals surface area contributed by atoms with E-state index in [-0.39, 0.29) is 23.6 Å². The second kappa shape index (κ2) is 10.0. The summed E-state index contributed by atoms with van der Waals surface area (Å²) in [4.78, 5) is 45.8. The monoisotopic (exact) mass is 421 g/mol. The number of carbonyl (C=O) groups excluding carboxylic acids is 3. The number of carbonyl (C=O) groups is 3. The first kappa shape index (κ1) is 21.5. The van der Waals surface area contributed by atoms with E-state index in [1.54, 1.807) is 0 Å². The minimum Gasteiger partial charge on any atom is -0.356 e. The normalized spacial score (nSPS) is 17.4. The minimum absolute atomic E-state index is 0.0311. The van der Waals surface area contributed by atoms with Gasteiger partial charge in [0.1, 0.15) is 4.88 Å². The fourth-order valence-electron chi connectivity index (χ4n) is 3.77. The van der Waals surface area contributed by atoms with Crippen molar-refractivity contribution in [3.05, 3.63) is 4.88 Å². The van der Waals surface area contributed by atoms with Crippen LogP contribution in [0, 0.1) is 5.92 Å². The Hall–Kier alpha value is -2.16. The number of hydrogen-bond acceptors (Lipinski definition) is 6. The lowest BCUT2D eigenvalue weighted by Gasteiger charge is -2.31. The first-order valence-corrected chi connectivity index (χ1v) is 11.4. The first-order chi connectivity index (χ1) is 14.0. The predicted molar refractivity (Wildman–Crippen MR) is 114 cm³/mol. The van der Waals surface area contributed by atoms with Crippen LogP contribution in [0.5, 0.6) is 0 Å². The summed E-state index contributed by atoms with van der Waals surface area (Å²) in [7, 11) is 0. The summed E-state index contributed by atoms with van der Waals surface area (Å²) < 4.78 is 0. The fourth-order valence-corrected chi connectivity index (χ4v) is 4.81. The number of amides is 3. The molecule has 2 aliphatic rings. The van der Waals surface area contributed by atoms with Crippen LogP contribution >= 0.6 is 11.3 Å². The molecule has 9 heteroatoms. The zero-order chi connectivity index (χ0) is 20.8. The summed E-state index contributed by atoms with van der Waals surface area (Å²) in [6.45, 7) is 7.22. The molecule has 0 radical (unpaired) electrons. The van der Waals surface area contributed by atoms with Crippen molar-refractivity contribution in [1.82, 2.24) is 15.2 Å². The Bertz CT molecular complexity index is 736. The van der Waals surface area contributed by atoms with Gasteiger partial charge in [-0.2, -0.15) is 0 Å². The van der Waals surface area contributed by atoms with Gasteiger partial charge in [-0.1, -0.05) is 24.7 Å². The molecule has 1 aromatic rings. The number of nitrogens with one attached hydrogen (secondary N) is 2. The number of anilines is 2. The van der Waals surface area contributed by atoms with Gasteiger partial charge < -0.3 is 20.4 Å². The van der Waals surface area contributed by atoms with E-state index in [4.69, 9.17) is 0 Å². The van der Waals surface area contributed by atoms with Crippen molar-refractivity contribution in [1.29, 1.82) is 0 Å². The van der Waals surface area contributed by atoms with E-state index in [2.05, 4.69) is 27.4 Å². The molecule has 0 unspecified atom stereocenters. The topological polar surface area (TPSA) is 94.6 Å². The third-order valence-electron chi connectivity index (χ3n) is 5.46. The first-order valence-electron chi connectivity index (χ1n) is 10.6. The molecule has 2 aliphatic heterocycles. The van der Waals surface area contributed by atoms with Gasteiger partial charge in [-0.15, -0.1) is 0 Å². The van der Waals surface area contributed by atoms with Gasteiger partial charge in [-0.3, -0.25) is 14.4 Å². The number of piperidine rings is 1. The Morgan fingerprint density at radius 1 is 1.14 bits per heavy atom. The number of hydrogen-bond donors (Lipinski definition) is 2. The molecule has 0 saturated carbocycles. The van der Waals surface area contributed by atoms with Gasteiger partial charge in [0.15, 0.2) is 10.9 Å². The van der Waals surface area contributed by atoms with Crippen LogP contribution < -0.4 is 15.5 Å². The van der Waals surface area contributed by atoms with Crippen LogP contribution in [-0.4, -0.2) is 60.3 Å². The van der Waals surface area contributed by atoms with Crippen molar-refractivity contribution >= 4 is 40.0 Å². The van der Waals surface area contributed by atoms with Crippen molar-refractivity contribution in [3.8, 4) is 0 Å². The summed E-state index contributed by atoms with van der Waals surface area (Å²) in [6, 6.07) is 0. The summed E-state index contributed by atoms with van der Waals surface area (Å²) in [5.74, 6) is 0.235. The van der Waals surface area contributed by atoms with Crippen LogP contribution in [0.2, 0.25) is 0 Å². The molecule has 2 saturated heterocycles. The number of unbranched alkanes of at least 4 members (excludes halogenated alkanes) is 1. The SMILES string of the molecule is CCCCNC(=O)C1CCN(c2nc(NC(C)=O)c(C(=O)N3CCCC3)s2)CC1. The molecule has 0 spiro atoms. The lowest BCUT2D eigenvalue weighted by Crippen LogP contribution is -2.40. The highest BCUT2D eigenvalue weighted by molar-refractivity contribution is 7.18. The zero-order valence-corrected chi connectivity index (χ0v) is 18.1. The highest BCUT2D eigenvalue weighted by Crippen LogP contribution is 2.34. The molecule has 0 aromatic carbocycles. The molecule has 2 N–H and O–H groups in total. The molecule has 0 aliphatic carbocycles. The molecule has 8 nitrogen and oxygen atoms in total. The summed E-state index contributed by atoms with van der Waals surface area (Å²) in [5.41, 5.74) is 0. The molecular weight excluding hydrogens is 390 g/mol. The standard InChI is InChI=1S/C20H31N5O3S/c1-3-4-9-21-18(27)15-7-12-25(13-8-15)20-23-17(22-14(2)26)16(29-20)19(28)24-10-5-6-11-24/h15H,3-13H2,1-2H3,(H,21,27)(H,22,26). The molecule has 3 heterocycles. The van der Waals surface area contributed by atoms with Gasteiger partial charge >= 0.3 is 0 Å². The maximum Gasteiger partial charge on any atom is 0.267 e. The molecule has 0 bridgehead atoms. The molecule has 29 heavy (non-hydrogen) atoms. The summed E-state index contributed by atoms with van der Waals surface area (Å²) >= 11 is 1.34. The Balaban J connectivity index is 1.65. The van der Waals surface area contributed by atoms with E-state index in [1.807, 2.05) is 4.90 Å². The van der Waals surface area contributed by atoms with Crippen molar-refractivity contribution < 1.29 is 14.4 Å².